The Morgan fingerprint density at radius 3 is 2.44 bits per heavy atom. The van der Waals surface area contributed by atoms with Crippen molar-refractivity contribution in [3.05, 3.63) is 58.5 Å². The largest absolute Gasteiger partial charge is 0.344 e. The number of nitro groups is 1. The predicted octanol–water partition coefficient (Wildman–Crippen LogP) is 4.31. The molecule has 142 valence electrons. The number of anilines is 1. The number of aromatic nitrogens is 1. The lowest BCUT2D eigenvalue weighted by Gasteiger charge is -2.10. The van der Waals surface area contributed by atoms with Crippen LogP contribution in [0.25, 0.3) is 22.0 Å². The zero-order valence-electron chi connectivity index (χ0n) is 14.9. The van der Waals surface area contributed by atoms with Gasteiger partial charge in [-0.2, -0.15) is 4.39 Å². The number of benzene rings is 2. The summed E-state index contributed by atoms with van der Waals surface area (Å²) in [7, 11) is -3.42. The predicted molar refractivity (Wildman–Crippen MR) is 103 cm³/mol. The third-order valence-corrected chi connectivity index (χ3v) is 4.76. The highest BCUT2D eigenvalue weighted by Gasteiger charge is 2.18. The molecule has 0 spiro atoms. The molecule has 0 saturated carbocycles. The van der Waals surface area contributed by atoms with Crippen LogP contribution in [0.1, 0.15) is 19.9 Å². The lowest BCUT2D eigenvalue weighted by Crippen LogP contribution is -2.09. The molecule has 0 bridgehead atoms. The Kier molecular flexibility index (Phi) is 4.64. The van der Waals surface area contributed by atoms with Gasteiger partial charge in [0.25, 0.3) is 0 Å². The number of nitrogens with zero attached hydrogens (tertiary/aromatic N) is 2. The summed E-state index contributed by atoms with van der Waals surface area (Å²) in [5.74, 6) is -0.904. The maximum absolute atomic E-state index is 14.1. The van der Waals surface area contributed by atoms with Crippen molar-refractivity contribution in [2.75, 3.05) is 11.0 Å². The third kappa shape index (κ3) is 3.77. The van der Waals surface area contributed by atoms with Crippen molar-refractivity contribution in [2.45, 2.75) is 19.9 Å². The van der Waals surface area contributed by atoms with Crippen LogP contribution >= 0.6 is 0 Å². The molecule has 7 nitrogen and oxygen atoms in total. The van der Waals surface area contributed by atoms with E-state index in [1.165, 1.54) is 6.07 Å². The number of sulfonamides is 1. The molecule has 3 aromatic rings. The first-order chi connectivity index (χ1) is 12.6. The van der Waals surface area contributed by atoms with Crippen LogP contribution in [0.3, 0.4) is 0 Å². The molecule has 0 saturated heterocycles. The van der Waals surface area contributed by atoms with Gasteiger partial charge in [-0.25, -0.2) is 8.42 Å². The Hall–Kier alpha value is -2.94. The Balaban J connectivity index is 2.19. The fourth-order valence-electron chi connectivity index (χ4n) is 3.01. The Morgan fingerprint density at radius 1 is 1.19 bits per heavy atom. The van der Waals surface area contributed by atoms with Crippen molar-refractivity contribution in [2.24, 2.45) is 0 Å². The summed E-state index contributed by atoms with van der Waals surface area (Å²) in [5, 5.41) is 11.6. The number of hydrogen-bond donors (Lipinski definition) is 1. The van der Waals surface area contributed by atoms with Crippen LogP contribution in [-0.2, 0) is 10.0 Å². The molecule has 0 aliphatic heterocycles. The first kappa shape index (κ1) is 18.8. The fourth-order valence-corrected chi connectivity index (χ4v) is 3.56. The molecule has 0 aliphatic rings. The lowest BCUT2D eigenvalue weighted by molar-refractivity contribution is -0.387. The molecule has 0 amide bonds. The van der Waals surface area contributed by atoms with E-state index in [2.05, 4.69) is 4.72 Å². The summed E-state index contributed by atoms with van der Waals surface area (Å²) in [4.78, 5) is 10.1. The van der Waals surface area contributed by atoms with Gasteiger partial charge < -0.3 is 4.57 Å². The van der Waals surface area contributed by atoms with Crippen molar-refractivity contribution in [3.63, 3.8) is 0 Å². The number of nitro benzene ring substituents is 1. The molecule has 1 N–H and O–H groups in total. The molecule has 2 aromatic carbocycles. The average molecular weight is 391 g/mol. The molecule has 1 heterocycles. The standard InChI is InChI=1S/C18H18FN3O4S/c1-11(2)21-10-15(12-4-7-17(22(23)24)16(19)8-12)14-6-5-13(9-18(14)21)20-27(3,25)26/h4-11,20H,1-3H3. The van der Waals surface area contributed by atoms with Crippen molar-refractivity contribution in [1.82, 2.24) is 4.57 Å². The molecule has 1 aromatic heterocycles. The van der Waals surface area contributed by atoms with E-state index in [9.17, 15) is 22.9 Å². The smallest absolute Gasteiger partial charge is 0.304 e. The monoisotopic (exact) mass is 391 g/mol. The highest BCUT2D eigenvalue weighted by atomic mass is 32.2. The van der Waals surface area contributed by atoms with Crippen LogP contribution < -0.4 is 4.72 Å². The summed E-state index contributed by atoms with van der Waals surface area (Å²) in [6, 6.07) is 8.93. The Bertz CT molecular complexity index is 1150. The Labute approximate surface area is 155 Å². The normalized spacial score (nSPS) is 11.9. The summed E-state index contributed by atoms with van der Waals surface area (Å²) in [6.45, 7) is 3.94. The summed E-state index contributed by atoms with van der Waals surface area (Å²) < 4.78 is 41.4. The first-order valence-corrected chi connectivity index (χ1v) is 10.0. The molecule has 3 rings (SSSR count). The van der Waals surface area contributed by atoms with Gasteiger partial charge in [-0.05, 0) is 43.7 Å². The lowest BCUT2D eigenvalue weighted by atomic mass is 10.0. The molecule has 27 heavy (non-hydrogen) atoms. The molecule has 0 unspecified atom stereocenters. The second-order valence-electron chi connectivity index (χ2n) is 6.57. The van der Waals surface area contributed by atoms with Gasteiger partial charge in [0.1, 0.15) is 0 Å². The maximum atomic E-state index is 14.1. The number of fused-ring (bicyclic) bond motifs is 1. The van der Waals surface area contributed by atoms with Gasteiger partial charge in [0.05, 0.1) is 22.4 Å². The Morgan fingerprint density at radius 2 is 1.89 bits per heavy atom. The van der Waals surface area contributed by atoms with Gasteiger partial charge >= 0.3 is 5.69 Å². The topological polar surface area (TPSA) is 94.2 Å². The minimum atomic E-state index is -3.42. The SMILES string of the molecule is CC(C)n1cc(-c2ccc([N+](=O)[O-])c(F)c2)c2ccc(NS(C)(=O)=O)cc21. The van der Waals surface area contributed by atoms with E-state index in [0.29, 0.717) is 16.8 Å². The van der Waals surface area contributed by atoms with E-state index in [0.717, 1.165) is 29.3 Å². The minimum absolute atomic E-state index is 0.0672. The van der Waals surface area contributed by atoms with Gasteiger partial charge in [-0.3, -0.25) is 14.8 Å². The molecule has 0 aliphatic carbocycles. The zero-order chi connectivity index (χ0) is 19.9. The van der Waals surface area contributed by atoms with Crippen molar-refractivity contribution in [1.29, 1.82) is 0 Å². The van der Waals surface area contributed by atoms with Gasteiger partial charge in [-0.1, -0.05) is 6.07 Å². The second kappa shape index (κ2) is 6.66. The van der Waals surface area contributed by atoms with E-state index in [4.69, 9.17) is 0 Å². The van der Waals surface area contributed by atoms with Crippen molar-refractivity contribution in [3.8, 4) is 11.1 Å². The fraction of sp³-hybridized carbons (Fsp3) is 0.222. The number of hydrogen-bond acceptors (Lipinski definition) is 4. The van der Waals surface area contributed by atoms with Crippen LogP contribution in [0, 0.1) is 15.9 Å². The second-order valence-corrected chi connectivity index (χ2v) is 8.32. The highest BCUT2D eigenvalue weighted by molar-refractivity contribution is 7.92. The van der Waals surface area contributed by atoms with Crippen LogP contribution in [-0.4, -0.2) is 24.2 Å². The third-order valence-electron chi connectivity index (χ3n) is 4.15. The van der Waals surface area contributed by atoms with Gasteiger partial charge in [-0.15, -0.1) is 0 Å². The first-order valence-electron chi connectivity index (χ1n) is 8.13. The number of halogens is 1. The quantitative estimate of drug-likeness (QED) is 0.518. The number of rotatable bonds is 5. The molecular formula is C18H18FN3O4S. The highest BCUT2D eigenvalue weighted by Crippen LogP contribution is 2.35. The molecular weight excluding hydrogens is 373 g/mol. The summed E-state index contributed by atoms with van der Waals surface area (Å²) in [6.07, 6.45) is 2.91. The van der Waals surface area contributed by atoms with E-state index in [1.807, 2.05) is 24.6 Å². The van der Waals surface area contributed by atoms with Crippen LogP contribution in [0.15, 0.2) is 42.6 Å². The van der Waals surface area contributed by atoms with Gasteiger partial charge in [0.15, 0.2) is 0 Å². The molecule has 0 fully saturated rings. The van der Waals surface area contributed by atoms with Crippen LogP contribution in [0.4, 0.5) is 15.8 Å². The molecule has 0 radical (unpaired) electrons. The molecule has 0 atom stereocenters. The zero-order valence-corrected chi connectivity index (χ0v) is 15.7. The maximum Gasteiger partial charge on any atom is 0.304 e. The van der Waals surface area contributed by atoms with Gasteiger partial charge in [0.2, 0.25) is 15.8 Å². The van der Waals surface area contributed by atoms with E-state index in [1.54, 1.807) is 18.2 Å². The average Bonchev–Trinajstić information content (AvgIpc) is 2.91. The van der Waals surface area contributed by atoms with Crippen LogP contribution in [0.2, 0.25) is 0 Å². The summed E-state index contributed by atoms with van der Waals surface area (Å²) >= 11 is 0. The number of nitrogens with one attached hydrogen (secondary N) is 1. The van der Waals surface area contributed by atoms with Gasteiger partial charge in [0, 0.05) is 29.3 Å². The van der Waals surface area contributed by atoms with E-state index in [-0.39, 0.29) is 6.04 Å². The van der Waals surface area contributed by atoms with E-state index >= 15 is 0 Å². The van der Waals surface area contributed by atoms with Crippen molar-refractivity contribution >= 4 is 32.3 Å². The minimum Gasteiger partial charge on any atom is -0.344 e. The molecule has 9 heteroatoms. The van der Waals surface area contributed by atoms with Crippen LogP contribution in [0.5, 0.6) is 0 Å². The summed E-state index contributed by atoms with van der Waals surface area (Å²) in [5.41, 5.74) is 1.83. The van der Waals surface area contributed by atoms with Crippen molar-refractivity contribution < 1.29 is 17.7 Å². The van der Waals surface area contributed by atoms with E-state index < -0.39 is 26.5 Å².